The first-order valence-electron chi connectivity index (χ1n) is 11.9. The van der Waals surface area contributed by atoms with Crippen LogP contribution < -0.4 is 0 Å². The van der Waals surface area contributed by atoms with Gasteiger partial charge in [0.2, 0.25) is 0 Å². The summed E-state index contributed by atoms with van der Waals surface area (Å²) in [5.74, 6) is 20.3. The molecule has 8 bridgehead atoms. The number of aromatic amines is 2. The minimum Gasteiger partial charge on any atom is -0.324 e. The number of nitrogens with one attached hydrogen (secondary N) is 2. The van der Waals surface area contributed by atoms with E-state index in [0.29, 0.717) is 23.3 Å². The minimum absolute atomic E-state index is 0.674. The molecule has 0 saturated heterocycles. The van der Waals surface area contributed by atoms with Crippen LogP contribution in [0.2, 0.25) is 0 Å². The molecule has 0 saturated carbocycles. The van der Waals surface area contributed by atoms with Gasteiger partial charge in [0.1, 0.15) is 22.6 Å². The average molecular weight is 658 g/mol. The van der Waals surface area contributed by atoms with Crippen LogP contribution in [0.5, 0.6) is 0 Å². The quantitative estimate of drug-likeness (QED) is 0.168. The van der Waals surface area contributed by atoms with Crippen molar-refractivity contribution in [2.24, 2.45) is 0 Å². The molecule has 0 fully saturated rings. The molecule has 40 heavy (non-hydrogen) atoms. The molecule has 9 heterocycles. The zero-order valence-corrected chi connectivity index (χ0v) is 27.0. The predicted octanol–water partition coefficient (Wildman–Crippen LogP) is 11.5. The average Bonchev–Trinajstić information content (AvgIpc) is 3.73. The van der Waals surface area contributed by atoms with Crippen LogP contribution >= 0.6 is 63.0 Å². The third kappa shape index (κ3) is 3.84. The molecular formula is C24H10N8P8. The van der Waals surface area contributed by atoms with Gasteiger partial charge in [0.25, 0.3) is 0 Å². The maximum Gasteiger partial charge on any atom is 0.165 e. The number of H-pyrrole nitrogens is 2. The monoisotopic (exact) mass is 658 g/mol. The molecule has 2 aliphatic rings. The molecule has 0 aromatic carbocycles. The molecule has 2 N–H and O–H groups in total. The van der Waals surface area contributed by atoms with Crippen LogP contribution in [-0.4, -0.2) is 39.9 Å². The highest BCUT2D eigenvalue weighted by Gasteiger charge is 2.22. The molecule has 9 rings (SSSR count). The van der Waals surface area contributed by atoms with Gasteiger partial charge in [0, 0.05) is 43.8 Å². The Kier molecular flexibility index (Phi) is 5.84. The van der Waals surface area contributed by atoms with Gasteiger partial charge in [-0.05, 0) is 109 Å². The summed E-state index contributed by atoms with van der Waals surface area (Å²) in [4.78, 5) is 37.3. The van der Waals surface area contributed by atoms with E-state index in [1.165, 1.54) is 63.0 Å². The lowest BCUT2D eigenvalue weighted by Crippen LogP contribution is -1.82. The molecular weight excluding hydrogens is 648 g/mol. The summed E-state index contributed by atoms with van der Waals surface area (Å²) in [5, 5.41) is 4.21. The van der Waals surface area contributed by atoms with Gasteiger partial charge < -0.3 is 9.97 Å². The van der Waals surface area contributed by atoms with Crippen LogP contribution in [0, 0.1) is 0 Å². The maximum atomic E-state index is 5.09. The Morgan fingerprint density at radius 1 is 0.325 bits per heavy atom. The van der Waals surface area contributed by atoms with Crippen molar-refractivity contribution >= 4 is 107 Å². The summed E-state index contributed by atoms with van der Waals surface area (Å²) < 4.78 is 0. The normalized spacial score (nSPS) is 13.6. The highest BCUT2D eigenvalue weighted by Crippen LogP contribution is 2.42. The first-order chi connectivity index (χ1) is 19.8. The zero-order valence-electron chi connectivity index (χ0n) is 19.9. The van der Waals surface area contributed by atoms with E-state index in [0.717, 1.165) is 66.4 Å². The Hall–Kier alpha value is -2.32. The Morgan fingerprint density at radius 3 is 0.850 bits per heavy atom. The van der Waals surface area contributed by atoms with Crippen molar-refractivity contribution in [3.05, 3.63) is 46.4 Å². The molecule has 0 radical (unpaired) electrons. The van der Waals surface area contributed by atoms with Gasteiger partial charge in [-0.25, -0.2) is 29.9 Å². The molecule has 7 aromatic heterocycles. The largest absolute Gasteiger partial charge is 0.324 e. The molecule has 7 aromatic rings. The summed E-state index contributed by atoms with van der Waals surface area (Å²) >= 11 is 0. The Morgan fingerprint density at radius 2 is 0.575 bits per heavy atom. The lowest BCUT2D eigenvalue weighted by Gasteiger charge is -1.95. The molecule has 16 heteroatoms. The second-order valence-electron chi connectivity index (χ2n) is 8.88. The molecule has 0 amide bonds. The van der Waals surface area contributed by atoms with Gasteiger partial charge in [-0.3, -0.25) is 0 Å². The van der Waals surface area contributed by atoms with Crippen molar-refractivity contribution in [1.82, 2.24) is 39.9 Å². The summed E-state index contributed by atoms with van der Waals surface area (Å²) in [7, 11) is 9.60. The van der Waals surface area contributed by atoms with Gasteiger partial charge in [-0.1, -0.05) is 0 Å². The molecule has 8 nitrogen and oxygen atoms in total. The molecule has 0 atom stereocenters. The molecule has 0 spiro atoms. The van der Waals surface area contributed by atoms with Gasteiger partial charge in [0.15, 0.2) is 23.3 Å². The Labute approximate surface area is 238 Å². The summed E-state index contributed by atoms with van der Waals surface area (Å²) in [6, 6.07) is 0. The SMILES string of the molecule is c1ppcc2c1-c1nc-2nc2[nH]c(nc3nc(nc4[nH]c(n1)c1cppcc41)-c1cppcc1-3)c1cppcc21. The highest BCUT2D eigenvalue weighted by atomic mass is 31.8. The van der Waals surface area contributed by atoms with E-state index in [1.54, 1.807) is 0 Å². The minimum atomic E-state index is 0.674. The molecule has 0 aliphatic carbocycles. The van der Waals surface area contributed by atoms with Crippen LogP contribution in [0.4, 0.5) is 0 Å². The standard InChI is InChI=1S/C24H10N8P8/c1-9-10(2-34-33-1)18-25-17(9)29-19-11-3-35-36-4-12(11)21(26-19)31-23-15-7-39-40-8-16(15)24(28-23)32-22-14-6-38-37-5-13(14)20(27-22)30-18/h1-8H,(H2,25,26,27,28,29,30,31,32). The van der Waals surface area contributed by atoms with Crippen LogP contribution in [0.1, 0.15) is 0 Å². The number of nitrogens with zero attached hydrogens (tertiary/aromatic N) is 6. The topological polar surface area (TPSA) is 109 Å². The van der Waals surface area contributed by atoms with Crippen molar-refractivity contribution < 1.29 is 0 Å². The molecule has 2 aliphatic heterocycles. The number of fused-ring (bicyclic) bond motifs is 20. The summed E-state index contributed by atoms with van der Waals surface area (Å²) in [6.07, 6.45) is 0. The van der Waals surface area contributed by atoms with E-state index in [-0.39, 0.29) is 0 Å². The van der Waals surface area contributed by atoms with Crippen molar-refractivity contribution in [1.29, 1.82) is 0 Å². The smallest absolute Gasteiger partial charge is 0.165 e. The van der Waals surface area contributed by atoms with Crippen molar-refractivity contribution in [2.45, 2.75) is 0 Å². The second kappa shape index (κ2) is 9.62. The molecule has 0 unspecified atom stereocenters. The Balaban J connectivity index is 1.51. The lowest BCUT2D eigenvalue weighted by atomic mass is 10.2. The number of hydrogen-bond acceptors (Lipinski definition) is 6. The number of aromatic nitrogens is 8. The summed E-state index contributed by atoms with van der Waals surface area (Å²) in [5.41, 5.74) is 7.15. The van der Waals surface area contributed by atoms with E-state index in [4.69, 9.17) is 29.9 Å². The predicted molar refractivity (Wildman–Crippen MR) is 176 cm³/mol. The van der Waals surface area contributed by atoms with Crippen LogP contribution in [0.25, 0.3) is 89.7 Å². The van der Waals surface area contributed by atoms with Crippen molar-refractivity contribution in [2.75, 3.05) is 0 Å². The third-order valence-corrected chi connectivity index (χ3v) is 14.6. The fourth-order valence-electron chi connectivity index (χ4n) is 4.80. The van der Waals surface area contributed by atoms with E-state index >= 15 is 0 Å². The van der Waals surface area contributed by atoms with Crippen LogP contribution in [0.15, 0.2) is 46.4 Å². The number of rotatable bonds is 0. The van der Waals surface area contributed by atoms with E-state index in [9.17, 15) is 0 Å². The lowest BCUT2D eigenvalue weighted by molar-refractivity contribution is 1.19. The first-order valence-corrected chi connectivity index (χ1v) is 22.4. The fraction of sp³-hybridized carbons (Fsp3) is 0. The first kappa shape index (κ1) is 24.3. The van der Waals surface area contributed by atoms with Crippen LogP contribution in [0.3, 0.4) is 0 Å². The maximum absolute atomic E-state index is 5.09. The fourth-order valence-corrected chi connectivity index (χ4v) is 12.7. The van der Waals surface area contributed by atoms with Crippen molar-refractivity contribution in [3.63, 3.8) is 0 Å². The Bertz CT molecular complexity index is 2050. The van der Waals surface area contributed by atoms with E-state index in [1.807, 2.05) is 0 Å². The van der Waals surface area contributed by atoms with E-state index in [2.05, 4.69) is 56.4 Å². The van der Waals surface area contributed by atoms with Crippen LogP contribution in [-0.2, 0) is 0 Å². The second-order valence-corrected chi connectivity index (χ2v) is 18.3. The van der Waals surface area contributed by atoms with E-state index < -0.39 is 0 Å². The van der Waals surface area contributed by atoms with Gasteiger partial charge >= 0.3 is 0 Å². The highest BCUT2D eigenvalue weighted by molar-refractivity contribution is 7.90. The zero-order chi connectivity index (χ0) is 26.2. The number of hydrogen-bond donors (Lipinski definition) is 2. The summed E-state index contributed by atoms with van der Waals surface area (Å²) in [6.45, 7) is 0. The third-order valence-electron chi connectivity index (χ3n) is 6.67. The van der Waals surface area contributed by atoms with Gasteiger partial charge in [-0.15, -0.1) is 0 Å². The van der Waals surface area contributed by atoms with Crippen molar-refractivity contribution in [3.8, 4) is 45.6 Å². The molecule has 186 valence electrons. The van der Waals surface area contributed by atoms with Gasteiger partial charge in [-0.2, -0.15) is 0 Å². The van der Waals surface area contributed by atoms with Gasteiger partial charge in [0.05, 0.1) is 0 Å².